The van der Waals surface area contributed by atoms with E-state index in [1.54, 1.807) is 16.9 Å². The summed E-state index contributed by atoms with van der Waals surface area (Å²) in [6.07, 6.45) is 4.22. The van der Waals surface area contributed by atoms with Crippen molar-refractivity contribution in [1.82, 2.24) is 20.4 Å². The van der Waals surface area contributed by atoms with Crippen LogP contribution in [0.5, 0.6) is 0 Å². The molecule has 126 valence electrons. The highest BCUT2D eigenvalue weighted by Gasteiger charge is 2.25. The molecule has 2 heterocycles. The third-order valence-corrected chi connectivity index (χ3v) is 4.37. The number of carbonyl (C=O) groups excluding carboxylic acids is 2. The van der Waals surface area contributed by atoms with Crippen LogP contribution in [0.15, 0.2) is 30.5 Å². The van der Waals surface area contributed by atoms with Gasteiger partial charge in [-0.25, -0.2) is 4.68 Å². The Bertz CT molecular complexity index is 772. The van der Waals surface area contributed by atoms with Crippen molar-refractivity contribution in [3.05, 3.63) is 46.7 Å². The van der Waals surface area contributed by atoms with Crippen LogP contribution in [-0.4, -0.2) is 34.2 Å². The van der Waals surface area contributed by atoms with Gasteiger partial charge in [0.1, 0.15) is 6.04 Å². The first-order valence-corrected chi connectivity index (χ1v) is 8.34. The maximum Gasteiger partial charge on any atom is 0.272 e. The Balaban J connectivity index is 1.81. The van der Waals surface area contributed by atoms with Gasteiger partial charge in [0.25, 0.3) is 5.91 Å². The van der Waals surface area contributed by atoms with Crippen LogP contribution in [0.1, 0.15) is 35.3 Å². The first-order valence-electron chi connectivity index (χ1n) is 7.96. The van der Waals surface area contributed by atoms with E-state index in [1.165, 1.54) is 0 Å². The van der Waals surface area contributed by atoms with Crippen molar-refractivity contribution in [1.29, 1.82) is 0 Å². The molecule has 2 amide bonds. The van der Waals surface area contributed by atoms with Gasteiger partial charge in [-0.3, -0.25) is 9.59 Å². The highest BCUT2D eigenvalue weighted by molar-refractivity contribution is 6.32. The first-order chi connectivity index (χ1) is 11.6. The molecule has 0 saturated carbocycles. The smallest absolute Gasteiger partial charge is 0.272 e. The molecule has 24 heavy (non-hydrogen) atoms. The number of carbonyl (C=O) groups is 2. The molecule has 1 aromatic heterocycles. The third kappa shape index (κ3) is 3.43. The second-order valence-corrected chi connectivity index (χ2v) is 6.28. The Morgan fingerprint density at radius 3 is 2.96 bits per heavy atom. The quantitative estimate of drug-likeness (QED) is 0.894. The van der Waals surface area contributed by atoms with E-state index in [2.05, 4.69) is 15.7 Å². The van der Waals surface area contributed by atoms with E-state index in [0.29, 0.717) is 29.4 Å². The van der Waals surface area contributed by atoms with Crippen molar-refractivity contribution in [2.75, 3.05) is 6.54 Å². The molecule has 1 unspecified atom stereocenters. The second-order valence-electron chi connectivity index (χ2n) is 5.87. The maximum absolute atomic E-state index is 12.5. The Kier molecular flexibility index (Phi) is 4.85. The summed E-state index contributed by atoms with van der Waals surface area (Å²) in [5, 5.41) is 10.5. The van der Waals surface area contributed by atoms with E-state index in [4.69, 9.17) is 11.6 Å². The summed E-state index contributed by atoms with van der Waals surface area (Å²) >= 11 is 6.18. The number of hydrogen-bond donors (Lipinski definition) is 2. The molecule has 1 fully saturated rings. The summed E-state index contributed by atoms with van der Waals surface area (Å²) in [7, 11) is 0. The summed E-state index contributed by atoms with van der Waals surface area (Å²) in [4.78, 5) is 24.5. The lowest BCUT2D eigenvalue weighted by Gasteiger charge is -2.14. The zero-order valence-corrected chi connectivity index (χ0v) is 14.1. The van der Waals surface area contributed by atoms with Gasteiger partial charge >= 0.3 is 0 Å². The minimum absolute atomic E-state index is 0.135. The number of aryl methyl sites for hydroxylation is 1. The second kappa shape index (κ2) is 7.05. The molecule has 2 aromatic rings. The summed E-state index contributed by atoms with van der Waals surface area (Å²) in [6.45, 7) is 2.47. The number of amides is 2. The number of para-hydroxylation sites is 1. The zero-order valence-electron chi connectivity index (χ0n) is 13.4. The van der Waals surface area contributed by atoms with E-state index in [9.17, 15) is 9.59 Å². The van der Waals surface area contributed by atoms with E-state index < -0.39 is 6.04 Å². The maximum atomic E-state index is 12.5. The molecule has 2 N–H and O–H groups in total. The van der Waals surface area contributed by atoms with Gasteiger partial charge in [-0.1, -0.05) is 23.7 Å². The molecule has 7 heteroatoms. The van der Waals surface area contributed by atoms with Crippen LogP contribution >= 0.6 is 11.6 Å². The number of nitrogens with one attached hydrogen (secondary N) is 2. The topological polar surface area (TPSA) is 76.0 Å². The predicted octanol–water partition coefficient (Wildman–Crippen LogP) is 2.23. The van der Waals surface area contributed by atoms with Crippen molar-refractivity contribution in [3.63, 3.8) is 0 Å². The largest absolute Gasteiger partial charge is 0.354 e. The van der Waals surface area contributed by atoms with Crippen molar-refractivity contribution < 1.29 is 9.59 Å². The van der Waals surface area contributed by atoms with Crippen molar-refractivity contribution in [2.24, 2.45) is 0 Å². The summed E-state index contributed by atoms with van der Waals surface area (Å²) in [5.74, 6) is -0.482. The minimum atomic E-state index is -0.509. The number of hydrogen-bond acceptors (Lipinski definition) is 3. The molecular weight excluding hydrogens is 328 g/mol. The van der Waals surface area contributed by atoms with Crippen molar-refractivity contribution in [2.45, 2.75) is 32.2 Å². The number of halogens is 1. The monoisotopic (exact) mass is 346 g/mol. The van der Waals surface area contributed by atoms with Gasteiger partial charge in [0, 0.05) is 18.3 Å². The number of benzene rings is 1. The highest BCUT2D eigenvalue weighted by Crippen LogP contribution is 2.20. The Labute approximate surface area is 145 Å². The van der Waals surface area contributed by atoms with Gasteiger partial charge < -0.3 is 10.6 Å². The Morgan fingerprint density at radius 1 is 1.38 bits per heavy atom. The minimum Gasteiger partial charge on any atom is -0.354 e. The third-order valence-electron chi connectivity index (χ3n) is 4.05. The van der Waals surface area contributed by atoms with Gasteiger partial charge in [-0.15, -0.1) is 0 Å². The van der Waals surface area contributed by atoms with Gasteiger partial charge in [-0.2, -0.15) is 5.10 Å². The lowest BCUT2D eigenvalue weighted by atomic mass is 10.1. The molecular formula is C17H19ClN4O2. The molecule has 1 atom stereocenters. The fraction of sp³-hybridized carbons (Fsp3) is 0.353. The lowest BCUT2D eigenvalue weighted by molar-refractivity contribution is -0.122. The first kappa shape index (κ1) is 16.5. The Hall–Kier alpha value is -2.34. The average molecular weight is 347 g/mol. The lowest BCUT2D eigenvalue weighted by Crippen LogP contribution is -2.45. The summed E-state index contributed by atoms with van der Waals surface area (Å²) < 4.78 is 1.58. The molecule has 0 spiro atoms. The van der Waals surface area contributed by atoms with Gasteiger partial charge in [0.2, 0.25) is 5.91 Å². The zero-order chi connectivity index (χ0) is 17.1. The standard InChI is InChI=1S/C17H19ClN4O2/c1-11-10-22(14-8-3-2-6-12(14)18)21-15(11)17(24)20-13-7-4-5-9-19-16(13)23/h2-3,6,8,10,13H,4-5,7,9H2,1H3,(H,19,23)(H,20,24). The molecule has 1 saturated heterocycles. The molecule has 0 radical (unpaired) electrons. The van der Waals surface area contributed by atoms with Crippen LogP contribution in [0.3, 0.4) is 0 Å². The van der Waals surface area contributed by atoms with Crippen LogP contribution in [0.25, 0.3) is 5.69 Å². The van der Waals surface area contributed by atoms with E-state index in [0.717, 1.165) is 18.4 Å². The Morgan fingerprint density at radius 2 is 2.17 bits per heavy atom. The molecule has 0 aliphatic carbocycles. The predicted molar refractivity (Wildman–Crippen MR) is 91.4 cm³/mol. The van der Waals surface area contributed by atoms with Crippen LogP contribution in [-0.2, 0) is 4.79 Å². The molecule has 6 nitrogen and oxygen atoms in total. The average Bonchev–Trinajstić information content (AvgIpc) is 2.83. The molecule has 0 bridgehead atoms. The van der Waals surface area contributed by atoms with Gasteiger partial charge in [-0.05, 0) is 38.3 Å². The number of aromatic nitrogens is 2. The van der Waals surface area contributed by atoms with Crippen LogP contribution in [0.2, 0.25) is 5.02 Å². The highest BCUT2D eigenvalue weighted by atomic mass is 35.5. The summed E-state index contributed by atoms with van der Waals surface area (Å²) in [6, 6.07) is 6.78. The van der Waals surface area contributed by atoms with Crippen LogP contribution < -0.4 is 10.6 Å². The van der Waals surface area contributed by atoms with E-state index in [-0.39, 0.29) is 11.8 Å². The SMILES string of the molecule is Cc1cn(-c2ccccc2Cl)nc1C(=O)NC1CCCCNC1=O. The van der Waals surface area contributed by atoms with E-state index >= 15 is 0 Å². The molecule has 3 rings (SSSR count). The van der Waals surface area contributed by atoms with Gasteiger partial charge in [0.05, 0.1) is 10.7 Å². The molecule has 1 aromatic carbocycles. The van der Waals surface area contributed by atoms with Crippen LogP contribution in [0, 0.1) is 6.92 Å². The van der Waals surface area contributed by atoms with E-state index in [1.807, 2.05) is 25.1 Å². The molecule has 1 aliphatic heterocycles. The van der Waals surface area contributed by atoms with Gasteiger partial charge in [0.15, 0.2) is 5.69 Å². The normalized spacial score (nSPS) is 17.9. The van der Waals surface area contributed by atoms with Crippen molar-refractivity contribution in [3.8, 4) is 5.69 Å². The number of rotatable bonds is 3. The fourth-order valence-electron chi connectivity index (χ4n) is 2.75. The summed E-state index contributed by atoms with van der Waals surface area (Å²) in [5.41, 5.74) is 1.72. The van der Waals surface area contributed by atoms with Crippen LogP contribution in [0.4, 0.5) is 0 Å². The molecule has 1 aliphatic rings. The van der Waals surface area contributed by atoms with Crippen molar-refractivity contribution >= 4 is 23.4 Å². The number of nitrogens with zero attached hydrogens (tertiary/aromatic N) is 2. The fourth-order valence-corrected chi connectivity index (χ4v) is 2.97.